The summed E-state index contributed by atoms with van der Waals surface area (Å²) in [5, 5.41) is 10.7. The molecule has 0 amide bonds. The predicted octanol–water partition coefficient (Wildman–Crippen LogP) is 5.31. The Labute approximate surface area is 181 Å². The van der Waals surface area contributed by atoms with Crippen LogP contribution in [0.3, 0.4) is 0 Å². The number of hydrogen-bond acceptors (Lipinski definition) is 5. The smallest absolute Gasteiger partial charge is 0.221 e. The van der Waals surface area contributed by atoms with Gasteiger partial charge in [-0.3, -0.25) is 10.1 Å². The number of nitrogens with zero attached hydrogens (tertiary/aromatic N) is 3. The fraction of sp³-hybridized carbons (Fsp3) is 0.400. The van der Waals surface area contributed by atoms with E-state index >= 15 is 0 Å². The van der Waals surface area contributed by atoms with Crippen LogP contribution < -0.4 is 4.74 Å². The second-order valence-electron chi connectivity index (χ2n) is 8.78. The van der Waals surface area contributed by atoms with Gasteiger partial charge >= 0.3 is 0 Å². The van der Waals surface area contributed by atoms with Crippen molar-refractivity contribution in [3.8, 4) is 17.0 Å². The number of nitrogens with one attached hydrogen (secondary N) is 1. The van der Waals surface area contributed by atoms with Crippen LogP contribution in [0.4, 0.5) is 0 Å². The van der Waals surface area contributed by atoms with Crippen molar-refractivity contribution >= 4 is 21.7 Å². The quantitative estimate of drug-likeness (QED) is 0.490. The maximum Gasteiger partial charge on any atom is 0.221 e. The second-order valence-corrected chi connectivity index (χ2v) is 8.78. The summed E-state index contributed by atoms with van der Waals surface area (Å²) in [7, 11) is 0. The van der Waals surface area contributed by atoms with E-state index in [1.807, 2.05) is 19.3 Å². The Morgan fingerprint density at radius 2 is 1.94 bits per heavy atom. The molecule has 1 saturated carbocycles. The highest BCUT2D eigenvalue weighted by atomic mass is 16.5. The van der Waals surface area contributed by atoms with Gasteiger partial charge in [-0.1, -0.05) is 0 Å². The summed E-state index contributed by atoms with van der Waals surface area (Å²) in [5.74, 6) is 1.11. The number of H-pyrrole nitrogens is 1. The average Bonchev–Trinajstić information content (AvgIpc) is 3.22. The van der Waals surface area contributed by atoms with Crippen LogP contribution in [0.2, 0.25) is 0 Å². The highest BCUT2D eigenvalue weighted by Gasteiger charge is 2.27. The summed E-state index contributed by atoms with van der Waals surface area (Å²) in [6.07, 6.45) is 9.44. The van der Waals surface area contributed by atoms with Gasteiger partial charge in [0.15, 0.2) is 0 Å². The normalized spacial score (nSPS) is 17.8. The van der Waals surface area contributed by atoms with Crippen LogP contribution in [-0.2, 0) is 4.74 Å². The molecule has 1 aromatic carbocycles. The van der Waals surface area contributed by atoms with Crippen LogP contribution in [-0.4, -0.2) is 39.5 Å². The van der Waals surface area contributed by atoms with E-state index in [1.165, 1.54) is 17.4 Å². The van der Waals surface area contributed by atoms with Crippen LogP contribution in [0.15, 0.2) is 36.7 Å². The first-order valence-corrected chi connectivity index (χ1v) is 11.2. The van der Waals surface area contributed by atoms with E-state index < -0.39 is 0 Å². The molecule has 0 radical (unpaired) electrons. The monoisotopic (exact) mass is 414 g/mol. The van der Waals surface area contributed by atoms with Crippen molar-refractivity contribution in [3.05, 3.63) is 48.0 Å². The molecule has 0 spiro atoms. The van der Waals surface area contributed by atoms with Crippen molar-refractivity contribution in [2.45, 2.75) is 51.0 Å². The molecule has 158 valence electrons. The molecular weight excluding hydrogens is 388 g/mol. The molecule has 4 heterocycles. The lowest BCUT2D eigenvalue weighted by molar-refractivity contribution is 0.0838. The number of aromatic nitrogens is 4. The summed E-state index contributed by atoms with van der Waals surface area (Å²) < 4.78 is 12.1. The molecule has 0 atom stereocenters. The molecule has 4 aromatic rings. The maximum absolute atomic E-state index is 6.45. The van der Waals surface area contributed by atoms with Crippen LogP contribution in [0.5, 0.6) is 5.88 Å². The lowest BCUT2D eigenvalue weighted by atomic mass is 9.87. The Morgan fingerprint density at radius 3 is 2.71 bits per heavy atom. The van der Waals surface area contributed by atoms with Gasteiger partial charge < -0.3 is 9.47 Å². The highest BCUT2D eigenvalue weighted by Crippen LogP contribution is 2.43. The van der Waals surface area contributed by atoms with Gasteiger partial charge in [0.25, 0.3) is 0 Å². The van der Waals surface area contributed by atoms with Crippen molar-refractivity contribution < 1.29 is 9.47 Å². The molecule has 0 unspecified atom stereocenters. The van der Waals surface area contributed by atoms with E-state index in [-0.39, 0.29) is 6.10 Å². The highest BCUT2D eigenvalue weighted by molar-refractivity contribution is 6.06. The third kappa shape index (κ3) is 3.35. The topological polar surface area (TPSA) is 72.9 Å². The Morgan fingerprint density at radius 1 is 1.06 bits per heavy atom. The number of rotatable bonds is 4. The fourth-order valence-electron chi connectivity index (χ4n) is 4.75. The van der Waals surface area contributed by atoms with E-state index in [4.69, 9.17) is 14.5 Å². The summed E-state index contributed by atoms with van der Waals surface area (Å²) in [4.78, 5) is 9.64. The van der Waals surface area contributed by atoms with Crippen molar-refractivity contribution in [2.24, 2.45) is 0 Å². The number of aryl methyl sites for hydroxylation is 1. The first-order valence-electron chi connectivity index (χ1n) is 11.2. The predicted molar refractivity (Wildman–Crippen MR) is 120 cm³/mol. The minimum Gasteiger partial charge on any atom is -0.474 e. The summed E-state index contributed by atoms with van der Waals surface area (Å²) in [6, 6.07) is 8.63. The van der Waals surface area contributed by atoms with Gasteiger partial charge in [-0.25, -0.2) is 4.98 Å². The molecule has 0 bridgehead atoms. The Balaban J connectivity index is 1.65. The van der Waals surface area contributed by atoms with Crippen molar-refractivity contribution in [1.29, 1.82) is 0 Å². The van der Waals surface area contributed by atoms with Gasteiger partial charge in [-0.15, -0.1) is 0 Å². The number of ether oxygens (including phenoxy) is 2. The zero-order valence-electron chi connectivity index (χ0n) is 17.7. The molecule has 1 aliphatic heterocycles. The van der Waals surface area contributed by atoms with E-state index in [2.05, 4.69) is 39.4 Å². The summed E-state index contributed by atoms with van der Waals surface area (Å²) in [5.41, 5.74) is 5.48. The number of aromatic amines is 1. The molecule has 6 nitrogen and oxygen atoms in total. The third-order valence-electron chi connectivity index (χ3n) is 6.68. The molecular formula is C25H26N4O2. The molecule has 31 heavy (non-hydrogen) atoms. The van der Waals surface area contributed by atoms with Gasteiger partial charge in [-0.05, 0) is 74.2 Å². The fourth-order valence-corrected chi connectivity index (χ4v) is 4.75. The van der Waals surface area contributed by atoms with E-state index in [0.29, 0.717) is 5.92 Å². The first-order chi connectivity index (χ1) is 15.3. The van der Waals surface area contributed by atoms with Crippen LogP contribution in [0.1, 0.15) is 49.4 Å². The summed E-state index contributed by atoms with van der Waals surface area (Å²) in [6.45, 7) is 3.59. The molecule has 1 saturated heterocycles. The Bertz CT molecular complexity index is 1260. The van der Waals surface area contributed by atoms with Crippen LogP contribution in [0.25, 0.3) is 32.8 Å². The van der Waals surface area contributed by atoms with Crippen molar-refractivity contribution in [3.63, 3.8) is 0 Å². The van der Waals surface area contributed by atoms with E-state index in [9.17, 15) is 0 Å². The van der Waals surface area contributed by atoms with Gasteiger partial charge in [0, 0.05) is 47.4 Å². The number of fused-ring (bicyclic) bond motifs is 2. The first kappa shape index (κ1) is 18.8. The molecule has 3 aromatic heterocycles. The Hall–Kier alpha value is -2.99. The third-order valence-corrected chi connectivity index (χ3v) is 6.68. The minimum absolute atomic E-state index is 0.268. The lowest BCUT2D eigenvalue weighted by Crippen LogP contribution is -2.25. The standard InChI is InChI=1S/C25H26N4O2/c1-15-11-17(5-8-26-15)23-20-12-18-14-27-29-22(18)13-21(20)25(31-19-3-2-4-19)28-24(23)16-6-9-30-10-7-16/h5,8,11-14,16,19H,2-4,6-7,9-10H2,1H3,(H,27,29). The second kappa shape index (κ2) is 7.61. The maximum atomic E-state index is 6.45. The van der Waals surface area contributed by atoms with Crippen LogP contribution in [0, 0.1) is 6.92 Å². The van der Waals surface area contributed by atoms with Crippen LogP contribution >= 0.6 is 0 Å². The van der Waals surface area contributed by atoms with Crippen molar-refractivity contribution in [2.75, 3.05) is 13.2 Å². The van der Waals surface area contributed by atoms with Gasteiger partial charge in [0.05, 0.1) is 17.4 Å². The average molecular weight is 415 g/mol. The molecule has 1 aliphatic carbocycles. The Kier molecular flexibility index (Phi) is 4.60. The van der Waals surface area contributed by atoms with Crippen molar-refractivity contribution in [1.82, 2.24) is 20.2 Å². The van der Waals surface area contributed by atoms with E-state index in [0.717, 1.165) is 78.0 Å². The zero-order chi connectivity index (χ0) is 20.8. The van der Waals surface area contributed by atoms with Gasteiger partial charge in [0.1, 0.15) is 6.10 Å². The zero-order valence-corrected chi connectivity index (χ0v) is 17.7. The molecule has 2 aliphatic rings. The molecule has 6 rings (SSSR count). The lowest BCUT2D eigenvalue weighted by Gasteiger charge is -2.29. The number of pyridine rings is 2. The SMILES string of the molecule is Cc1cc(-c2c(C3CCOCC3)nc(OC3CCC3)c3cc4[nH]ncc4cc23)ccn1. The number of hydrogen-bond donors (Lipinski definition) is 1. The van der Waals surface area contributed by atoms with Gasteiger partial charge in [-0.2, -0.15) is 5.10 Å². The largest absolute Gasteiger partial charge is 0.474 e. The molecule has 1 N–H and O–H groups in total. The molecule has 6 heteroatoms. The number of benzene rings is 1. The molecule has 2 fully saturated rings. The summed E-state index contributed by atoms with van der Waals surface area (Å²) >= 11 is 0. The van der Waals surface area contributed by atoms with E-state index in [1.54, 1.807) is 0 Å². The van der Waals surface area contributed by atoms with Gasteiger partial charge in [0.2, 0.25) is 5.88 Å². The minimum atomic E-state index is 0.268.